The fourth-order valence-corrected chi connectivity index (χ4v) is 2.06. The second-order valence-electron chi connectivity index (χ2n) is 4.97. The monoisotopic (exact) mass is 258 g/mol. The lowest BCUT2D eigenvalue weighted by molar-refractivity contribution is -0.138. The first-order valence-electron chi connectivity index (χ1n) is 6.14. The zero-order chi connectivity index (χ0) is 13.0. The third-order valence-corrected chi connectivity index (χ3v) is 3.91. The van der Waals surface area contributed by atoms with E-state index < -0.39 is 0 Å². The molecule has 0 aromatic carbocycles. The maximum Gasteiger partial charge on any atom is 0.242 e. The average molecular weight is 258 g/mol. The summed E-state index contributed by atoms with van der Waals surface area (Å²) in [5.41, 5.74) is 0. The first-order valence-corrected chi connectivity index (χ1v) is 6.66. The van der Waals surface area contributed by atoms with Crippen molar-refractivity contribution in [3.05, 3.63) is 0 Å². The fraction of sp³-hybridized carbons (Fsp3) is 0.833. The van der Waals surface area contributed by atoms with Gasteiger partial charge in [0.15, 0.2) is 0 Å². The Morgan fingerprint density at radius 1 is 1.29 bits per heavy atom. The zero-order valence-corrected chi connectivity index (χ0v) is 11.7. The predicted molar refractivity (Wildman–Crippen MR) is 71.1 cm³/mol. The van der Waals surface area contributed by atoms with Crippen LogP contribution < -0.4 is 0 Å². The molecule has 1 unspecified atom stereocenters. The molecule has 1 atom stereocenters. The van der Waals surface area contributed by atoms with Gasteiger partial charge in [-0.2, -0.15) is 12.6 Å². The van der Waals surface area contributed by atoms with Crippen LogP contribution in [0.2, 0.25) is 0 Å². The molecule has 0 aromatic rings. The molecule has 1 saturated heterocycles. The standard InChI is InChI=1S/C12H22N2O2S/c1-9(2)11(17)12(16)13(3)8-10(15)14-6-4-5-7-14/h9,11,17H,4-8H2,1-3H3. The van der Waals surface area contributed by atoms with Gasteiger partial charge in [0.1, 0.15) is 0 Å². The number of likely N-dealkylation sites (tertiary alicyclic amines) is 1. The molecular formula is C12H22N2O2S. The Hall–Kier alpha value is -0.710. The zero-order valence-electron chi connectivity index (χ0n) is 10.8. The fourth-order valence-electron chi connectivity index (χ4n) is 1.86. The molecule has 1 aliphatic heterocycles. The van der Waals surface area contributed by atoms with Gasteiger partial charge in [-0.05, 0) is 18.8 Å². The van der Waals surface area contributed by atoms with Gasteiger partial charge in [0.2, 0.25) is 11.8 Å². The largest absolute Gasteiger partial charge is 0.341 e. The van der Waals surface area contributed by atoms with Crippen molar-refractivity contribution in [1.29, 1.82) is 0 Å². The van der Waals surface area contributed by atoms with E-state index in [1.807, 2.05) is 18.7 Å². The lowest BCUT2D eigenvalue weighted by atomic mass is 10.1. The third kappa shape index (κ3) is 3.91. The van der Waals surface area contributed by atoms with Crippen LogP contribution in [-0.2, 0) is 9.59 Å². The Bertz CT molecular complexity index is 288. The van der Waals surface area contributed by atoms with Gasteiger partial charge in [0.25, 0.3) is 0 Å². The number of hydrogen-bond acceptors (Lipinski definition) is 3. The Morgan fingerprint density at radius 2 is 1.82 bits per heavy atom. The molecule has 0 aliphatic carbocycles. The highest BCUT2D eigenvalue weighted by Crippen LogP contribution is 2.12. The van der Waals surface area contributed by atoms with Crippen molar-refractivity contribution < 1.29 is 9.59 Å². The van der Waals surface area contributed by atoms with E-state index in [0.717, 1.165) is 25.9 Å². The lowest BCUT2D eigenvalue weighted by Gasteiger charge is -2.24. The second-order valence-corrected chi connectivity index (χ2v) is 5.53. The van der Waals surface area contributed by atoms with Crippen molar-refractivity contribution >= 4 is 24.4 Å². The van der Waals surface area contributed by atoms with Crippen LogP contribution >= 0.6 is 12.6 Å². The predicted octanol–water partition coefficient (Wildman–Crippen LogP) is 1.02. The highest BCUT2D eigenvalue weighted by atomic mass is 32.1. The second kappa shape index (κ2) is 6.28. The molecule has 0 aromatic heterocycles. The molecule has 4 nitrogen and oxygen atoms in total. The Balaban J connectivity index is 2.45. The normalized spacial score (nSPS) is 17.4. The molecule has 17 heavy (non-hydrogen) atoms. The van der Waals surface area contributed by atoms with E-state index in [2.05, 4.69) is 12.6 Å². The van der Waals surface area contributed by atoms with Crippen molar-refractivity contribution in [2.24, 2.45) is 5.92 Å². The van der Waals surface area contributed by atoms with E-state index in [1.54, 1.807) is 7.05 Å². The Labute approximate surface area is 109 Å². The van der Waals surface area contributed by atoms with Gasteiger partial charge in [0, 0.05) is 20.1 Å². The van der Waals surface area contributed by atoms with Gasteiger partial charge in [-0.3, -0.25) is 9.59 Å². The van der Waals surface area contributed by atoms with E-state index in [4.69, 9.17) is 0 Å². The van der Waals surface area contributed by atoms with Crippen molar-refractivity contribution in [2.75, 3.05) is 26.7 Å². The number of carbonyl (C=O) groups excluding carboxylic acids is 2. The van der Waals surface area contributed by atoms with Gasteiger partial charge in [-0.15, -0.1) is 0 Å². The molecule has 1 rings (SSSR count). The van der Waals surface area contributed by atoms with Crippen LogP contribution in [0.25, 0.3) is 0 Å². The summed E-state index contributed by atoms with van der Waals surface area (Å²) < 4.78 is 0. The molecule has 98 valence electrons. The molecule has 0 radical (unpaired) electrons. The molecule has 1 heterocycles. The molecule has 1 aliphatic rings. The van der Waals surface area contributed by atoms with Gasteiger partial charge < -0.3 is 9.80 Å². The Kier molecular flexibility index (Phi) is 5.31. The van der Waals surface area contributed by atoms with Crippen molar-refractivity contribution in [1.82, 2.24) is 9.80 Å². The molecule has 0 saturated carbocycles. The molecule has 5 heteroatoms. The number of likely N-dealkylation sites (N-methyl/N-ethyl adjacent to an activating group) is 1. The summed E-state index contributed by atoms with van der Waals surface area (Å²) in [6.07, 6.45) is 2.15. The molecule has 0 bridgehead atoms. The minimum Gasteiger partial charge on any atom is -0.341 e. The van der Waals surface area contributed by atoms with Crippen LogP contribution in [-0.4, -0.2) is 53.5 Å². The molecule has 0 N–H and O–H groups in total. The van der Waals surface area contributed by atoms with E-state index in [9.17, 15) is 9.59 Å². The first kappa shape index (κ1) is 14.4. The van der Waals surface area contributed by atoms with Crippen LogP contribution in [0, 0.1) is 5.92 Å². The Morgan fingerprint density at radius 3 is 2.29 bits per heavy atom. The highest BCUT2D eigenvalue weighted by Gasteiger charge is 2.25. The molecule has 1 fully saturated rings. The number of rotatable bonds is 4. The summed E-state index contributed by atoms with van der Waals surface area (Å²) in [6, 6.07) is 0. The van der Waals surface area contributed by atoms with E-state index in [0.29, 0.717) is 0 Å². The number of thiol groups is 1. The number of carbonyl (C=O) groups is 2. The molecule has 0 spiro atoms. The SMILES string of the molecule is CC(C)C(S)C(=O)N(C)CC(=O)N1CCCC1. The summed E-state index contributed by atoms with van der Waals surface area (Å²) in [5.74, 6) is 0.147. The minimum atomic E-state index is -0.327. The van der Waals surface area contributed by atoms with E-state index in [-0.39, 0.29) is 29.5 Å². The molecule has 2 amide bonds. The summed E-state index contributed by atoms with van der Waals surface area (Å²) in [4.78, 5) is 27.1. The van der Waals surface area contributed by atoms with Crippen molar-refractivity contribution in [2.45, 2.75) is 31.9 Å². The van der Waals surface area contributed by atoms with Gasteiger partial charge >= 0.3 is 0 Å². The van der Waals surface area contributed by atoms with E-state index in [1.165, 1.54) is 4.90 Å². The maximum absolute atomic E-state index is 11.9. The van der Waals surface area contributed by atoms with E-state index >= 15 is 0 Å². The summed E-state index contributed by atoms with van der Waals surface area (Å²) in [7, 11) is 1.67. The minimum absolute atomic E-state index is 0.0441. The third-order valence-electron chi connectivity index (χ3n) is 3.09. The maximum atomic E-state index is 11.9. The van der Waals surface area contributed by atoms with Gasteiger partial charge in [0.05, 0.1) is 11.8 Å². The summed E-state index contributed by atoms with van der Waals surface area (Å²) in [5, 5.41) is -0.327. The number of hydrogen-bond donors (Lipinski definition) is 1. The van der Waals surface area contributed by atoms with Crippen molar-refractivity contribution in [3.63, 3.8) is 0 Å². The summed E-state index contributed by atoms with van der Waals surface area (Å²) >= 11 is 4.28. The topological polar surface area (TPSA) is 40.6 Å². The molecular weight excluding hydrogens is 236 g/mol. The van der Waals surface area contributed by atoms with Crippen molar-refractivity contribution in [3.8, 4) is 0 Å². The summed E-state index contributed by atoms with van der Waals surface area (Å²) in [6.45, 7) is 5.73. The number of nitrogens with zero attached hydrogens (tertiary/aromatic N) is 2. The smallest absolute Gasteiger partial charge is 0.242 e. The van der Waals surface area contributed by atoms with Crippen LogP contribution in [0.1, 0.15) is 26.7 Å². The van der Waals surface area contributed by atoms with Crippen LogP contribution in [0.15, 0.2) is 0 Å². The van der Waals surface area contributed by atoms with Gasteiger partial charge in [-0.25, -0.2) is 0 Å². The quantitative estimate of drug-likeness (QED) is 0.765. The average Bonchev–Trinajstić information content (AvgIpc) is 2.80. The van der Waals surface area contributed by atoms with Crippen LogP contribution in [0.5, 0.6) is 0 Å². The highest BCUT2D eigenvalue weighted by molar-refractivity contribution is 7.81. The van der Waals surface area contributed by atoms with Crippen LogP contribution in [0.3, 0.4) is 0 Å². The number of amides is 2. The van der Waals surface area contributed by atoms with Crippen LogP contribution in [0.4, 0.5) is 0 Å². The lowest BCUT2D eigenvalue weighted by Crippen LogP contribution is -2.43. The first-order chi connectivity index (χ1) is 7.93. The van der Waals surface area contributed by atoms with Gasteiger partial charge in [-0.1, -0.05) is 13.8 Å².